The lowest BCUT2D eigenvalue weighted by atomic mass is 9.63. The molecule has 2 atom stereocenters. The molecule has 0 fully saturated rings. The van der Waals surface area contributed by atoms with E-state index in [-0.39, 0.29) is 11.3 Å². The Kier molecular flexibility index (Phi) is 2.94. The lowest BCUT2D eigenvalue weighted by molar-refractivity contribution is -0.124. The minimum absolute atomic E-state index is 0.140. The Hall–Kier alpha value is -0.590. The molecule has 0 amide bonds. The highest BCUT2D eigenvalue weighted by molar-refractivity contribution is 5.81. The number of carbonyl (C=O) groups is 1. The Morgan fingerprint density at radius 3 is 2.54 bits per heavy atom. The Labute approximate surface area is 81.2 Å². The minimum Gasteiger partial charge on any atom is -0.299 e. The zero-order valence-electron chi connectivity index (χ0n) is 9.13. The van der Waals surface area contributed by atoms with Crippen molar-refractivity contribution in [3.05, 3.63) is 12.2 Å². The van der Waals surface area contributed by atoms with Gasteiger partial charge in [0.15, 0.2) is 0 Å². The Morgan fingerprint density at radius 1 is 1.54 bits per heavy atom. The normalized spacial score (nSPS) is 33.8. The van der Waals surface area contributed by atoms with Gasteiger partial charge in [-0.1, -0.05) is 32.9 Å². The number of hydrogen-bond donors (Lipinski definition) is 0. The van der Waals surface area contributed by atoms with Crippen LogP contribution in [0.4, 0.5) is 0 Å². The summed E-state index contributed by atoms with van der Waals surface area (Å²) >= 11 is 0. The van der Waals surface area contributed by atoms with Crippen molar-refractivity contribution in [2.75, 3.05) is 0 Å². The molecule has 74 valence electrons. The number of ketones is 1. The van der Waals surface area contributed by atoms with Crippen molar-refractivity contribution >= 4 is 5.78 Å². The highest BCUT2D eigenvalue weighted by atomic mass is 16.1. The van der Waals surface area contributed by atoms with Gasteiger partial charge in [0.2, 0.25) is 0 Å². The molecular formula is C12H20O. The molecule has 1 rings (SSSR count). The fourth-order valence-electron chi connectivity index (χ4n) is 2.25. The van der Waals surface area contributed by atoms with Crippen LogP contribution in [0.2, 0.25) is 0 Å². The molecule has 0 aromatic heterocycles. The summed E-state index contributed by atoms with van der Waals surface area (Å²) in [6, 6.07) is 0. The average molecular weight is 180 g/mol. The summed E-state index contributed by atoms with van der Waals surface area (Å²) in [7, 11) is 0. The molecule has 0 spiro atoms. The van der Waals surface area contributed by atoms with E-state index in [1.165, 1.54) is 0 Å². The number of carbonyl (C=O) groups excluding carboxylic acids is 1. The third kappa shape index (κ3) is 1.84. The predicted octanol–water partition coefficient (Wildman–Crippen LogP) is 3.20. The van der Waals surface area contributed by atoms with Crippen LogP contribution >= 0.6 is 0 Å². The molecule has 0 aliphatic heterocycles. The molecule has 0 radical (unpaired) electrons. The maximum absolute atomic E-state index is 11.5. The van der Waals surface area contributed by atoms with Crippen molar-refractivity contribution in [2.24, 2.45) is 17.3 Å². The summed E-state index contributed by atoms with van der Waals surface area (Å²) in [5, 5.41) is 0. The van der Waals surface area contributed by atoms with E-state index in [1.807, 2.05) is 0 Å². The minimum atomic E-state index is 0.140. The summed E-state index contributed by atoms with van der Waals surface area (Å²) in [5.74, 6) is 1.03. The monoisotopic (exact) mass is 180 g/mol. The molecule has 0 aromatic rings. The highest BCUT2D eigenvalue weighted by Crippen LogP contribution is 2.43. The van der Waals surface area contributed by atoms with Crippen LogP contribution in [-0.4, -0.2) is 5.78 Å². The predicted molar refractivity (Wildman–Crippen MR) is 55.5 cm³/mol. The zero-order chi connectivity index (χ0) is 10.1. The van der Waals surface area contributed by atoms with Crippen molar-refractivity contribution in [1.29, 1.82) is 0 Å². The van der Waals surface area contributed by atoms with Crippen LogP contribution < -0.4 is 0 Å². The Morgan fingerprint density at radius 2 is 2.15 bits per heavy atom. The van der Waals surface area contributed by atoms with Crippen LogP contribution in [0.1, 0.15) is 40.5 Å². The number of Topliss-reactive ketones (excluding diaryl/α,β-unsaturated/α-hetero) is 1. The van der Waals surface area contributed by atoms with Gasteiger partial charge in [0.1, 0.15) is 5.78 Å². The Balaban J connectivity index is 2.94. The van der Waals surface area contributed by atoms with E-state index in [4.69, 9.17) is 0 Å². The summed E-state index contributed by atoms with van der Waals surface area (Å²) in [6.07, 6.45) is 6.52. The topological polar surface area (TPSA) is 17.1 Å². The largest absolute Gasteiger partial charge is 0.299 e. The summed E-state index contributed by atoms with van der Waals surface area (Å²) < 4.78 is 0. The van der Waals surface area contributed by atoms with Gasteiger partial charge in [-0.2, -0.15) is 0 Å². The van der Waals surface area contributed by atoms with Crippen LogP contribution in [0.25, 0.3) is 0 Å². The van der Waals surface area contributed by atoms with Gasteiger partial charge < -0.3 is 0 Å². The van der Waals surface area contributed by atoms with Gasteiger partial charge >= 0.3 is 0 Å². The fraction of sp³-hybridized carbons (Fsp3) is 0.750. The van der Waals surface area contributed by atoms with Crippen LogP contribution in [0, 0.1) is 17.3 Å². The van der Waals surface area contributed by atoms with E-state index >= 15 is 0 Å². The summed E-state index contributed by atoms with van der Waals surface area (Å²) in [4.78, 5) is 11.5. The maximum atomic E-state index is 11.5. The van der Waals surface area contributed by atoms with Gasteiger partial charge in [0.25, 0.3) is 0 Å². The smallest absolute Gasteiger partial charge is 0.137 e. The first kappa shape index (κ1) is 10.5. The van der Waals surface area contributed by atoms with Gasteiger partial charge in [-0.3, -0.25) is 4.79 Å². The van der Waals surface area contributed by atoms with E-state index in [1.54, 1.807) is 6.92 Å². The van der Waals surface area contributed by atoms with Gasteiger partial charge in [0.05, 0.1) is 0 Å². The van der Waals surface area contributed by atoms with Crippen molar-refractivity contribution in [3.8, 4) is 0 Å². The molecule has 0 N–H and O–H groups in total. The van der Waals surface area contributed by atoms with Crippen molar-refractivity contribution in [2.45, 2.75) is 40.5 Å². The first-order chi connectivity index (χ1) is 5.98. The molecule has 13 heavy (non-hydrogen) atoms. The van der Waals surface area contributed by atoms with E-state index in [0.717, 1.165) is 12.8 Å². The van der Waals surface area contributed by atoms with Gasteiger partial charge in [-0.25, -0.2) is 0 Å². The molecule has 1 heteroatoms. The lowest BCUT2D eigenvalue weighted by Gasteiger charge is -2.41. The summed E-state index contributed by atoms with van der Waals surface area (Å²) in [5.41, 5.74) is 0.181. The fourth-order valence-corrected chi connectivity index (χ4v) is 2.25. The van der Waals surface area contributed by atoms with Crippen LogP contribution in [0.15, 0.2) is 12.2 Å². The third-order valence-electron chi connectivity index (χ3n) is 3.65. The van der Waals surface area contributed by atoms with Crippen molar-refractivity contribution in [3.63, 3.8) is 0 Å². The van der Waals surface area contributed by atoms with Gasteiger partial charge in [0, 0.05) is 5.92 Å². The van der Waals surface area contributed by atoms with E-state index in [9.17, 15) is 4.79 Å². The molecule has 0 saturated carbocycles. The maximum Gasteiger partial charge on any atom is 0.137 e. The summed E-state index contributed by atoms with van der Waals surface area (Å²) in [6.45, 7) is 8.39. The Bertz CT molecular complexity index is 227. The molecule has 0 saturated heterocycles. The lowest BCUT2D eigenvalue weighted by Crippen LogP contribution is -2.37. The molecule has 1 aliphatic carbocycles. The molecule has 1 aliphatic rings. The van der Waals surface area contributed by atoms with Crippen LogP contribution in [0.5, 0.6) is 0 Å². The molecule has 2 unspecified atom stereocenters. The SMILES string of the molecule is CC(=O)C1C=CCCC1(C)C(C)C. The second-order valence-electron chi connectivity index (χ2n) is 4.72. The number of rotatable bonds is 2. The molecule has 0 aromatic carbocycles. The van der Waals surface area contributed by atoms with E-state index < -0.39 is 0 Å². The van der Waals surface area contributed by atoms with Crippen LogP contribution in [-0.2, 0) is 4.79 Å². The van der Waals surface area contributed by atoms with Gasteiger partial charge in [-0.05, 0) is 31.1 Å². The zero-order valence-corrected chi connectivity index (χ0v) is 9.13. The van der Waals surface area contributed by atoms with Crippen molar-refractivity contribution < 1.29 is 4.79 Å². The van der Waals surface area contributed by atoms with E-state index in [0.29, 0.717) is 11.7 Å². The van der Waals surface area contributed by atoms with Gasteiger partial charge in [-0.15, -0.1) is 0 Å². The third-order valence-corrected chi connectivity index (χ3v) is 3.65. The standard InChI is InChI=1S/C12H20O/c1-9(2)12(4)8-6-5-7-11(12)10(3)13/h5,7,9,11H,6,8H2,1-4H3. The first-order valence-corrected chi connectivity index (χ1v) is 5.15. The quantitative estimate of drug-likeness (QED) is 0.596. The van der Waals surface area contributed by atoms with Crippen molar-refractivity contribution in [1.82, 2.24) is 0 Å². The molecule has 0 heterocycles. The second kappa shape index (κ2) is 3.65. The number of allylic oxidation sites excluding steroid dienone is 2. The molecular weight excluding hydrogens is 160 g/mol. The average Bonchev–Trinajstić information content (AvgIpc) is 2.04. The highest BCUT2D eigenvalue weighted by Gasteiger charge is 2.39. The van der Waals surface area contributed by atoms with Crippen LogP contribution in [0.3, 0.4) is 0 Å². The van der Waals surface area contributed by atoms with E-state index in [2.05, 4.69) is 32.9 Å². The first-order valence-electron chi connectivity index (χ1n) is 5.15. The molecule has 1 nitrogen and oxygen atoms in total. The molecule has 0 bridgehead atoms. The second-order valence-corrected chi connectivity index (χ2v) is 4.72. The number of hydrogen-bond acceptors (Lipinski definition) is 1.